The lowest BCUT2D eigenvalue weighted by Crippen LogP contribution is -2.22. The predicted molar refractivity (Wildman–Crippen MR) is 78.2 cm³/mol. The molecule has 0 aromatic heterocycles. The number of benzene rings is 2. The van der Waals surface area contributed by atoms with Gasteiger partial charge in [-0.05, 0) is 54.8 Å². The summed E-state index contributed by atoms with van der Waals surface area (Å²) in [6.07, 6.45) is 0. The lowest BCUT2D eigenvalue weighted by Gasteiger charge is -2.07. The number of nitrogens with one attached hydrogen (secondary N) is 1. The Hall–Kier alpha value is -2.60. The maximum Gasteiger partial charge on any atom is 0.251 e. The first kappa shape index (κ1) is 13.8. The summed E-state index contributed by atoms with van der Waals surface area (Å²) in [6.45, 7) is 4.42. The van der Waals surface area contributed by atoms with E-state index in [1.807, 2.05) is 44.2 Å². The quantitative estimate of drug-likeness (QED) is 0.926. The summed E-state index contributed by atoms with van der Waals surface area (Å²) < 4.78 is 0. The van der Waals surface area contributed by atoms with E-state index in [2.05, 4.69) is 11.4 Å². The van der Waals surface area contributed by atoms with Gasteiger partial charge in [-0.2, -0.15) is 5.26 Å². The zero-order valence-electron chi connectivity index (χ0n) is 11.6. The molecule has 0 unspecified atom stereocenters. The molecule has 0 saturated carbocycles. The molecule has 0 aliphatic rings. The minimum absolute atomic E-state index is 0.101. The molecule has 0 aliphatic heterocycles. The zero-order valence-corrected chi connectivity index (χ0v) is 11.6. The van der Waals surface area contributed by atoms with Crippen LogP contribution in [0.4, 0.5) is 0 Å². The number of carbonyl (C=O) groups is 1. The van der Waals surface area contributed by atoms with Crippen molar-refractivity contribution < 1.29 is 4.79 Å². The number of nitrogens with zero attached hydrogens (tertiary/aromatic N) is 1. The van der Waals surface area contributed by atoms with Gasteiger partial charge in [0.1, 0.15) is 0 Å². The Morgan fingerprint density at radius 1 is 1.15 bits per heavy atom. The number of rotatable bonds is 3. The molecule has 20 heavy (non-hydrogen) atoms. The van der Waals surface area contributed by atoms with Crippen LogP contribution in [-0.4, -0.2) is 5.91 Å². The van der Waals surface area contributed by atoms with Crippen LogP contribution in [0.1, 0.15) is 32.6 Å². The van der Waals surface area contributed by atoms with Crippen molar-refractivity contribution in [2.75, 3.05) is 0 Å². The van der Waals surface area contributed by atoms with Gasteiger partial charge in [0, 0.05) is 12.1 Å². The van der Waals surface area contributed by atoms with E-state index < -0.39 is 0 Å². The van der Waals surface area contributed by atoms with Crippen LogP contribution in [0.25, 0.3) is 0 Å². The largest absolute Gasteiger partial charge is 0.348 e. The summed E-state index contributed by atoms with van der Waals surface area (Å²) in [7, 11) is 0. The normalized spacial score (nSPS) is 9.85. The number of nitriles is 1. The Morgan fingerprint density at radius 2 is 1.95 bits per heavy atom. The molecular formula is C17H16N2O. The second kappa shape index (κ2) is 6.03. The Kier molecular flexibility index (Phi) is 4.17. The monoisotopic (exact) mass is 264 g/mol. The van der Waals surface area contributed by atoms with Crippen molar-refractivity contribution in [2.24, 2.45) is 0 Å². The van der Waals surface area contributed by atoms with Crippen molar-refractivity contribution in [1.82, 2.24) is 5.32 Å². The lowest BCUT2D eigenvalue weighted by atomic mass is 10.1. The van der Waals surface area contributed by atoms with Crippen LogP contribution in [0.3, 0.4) is 0 Å². The van der Waals surface area contributed by atoms with Crippen LogP contribution in [0.5, 0.6) is 0 Å². The van der Waals surface area contributed by atoms with E-state index in [-0.39, 0.29) is 5.91 Å². The molecule has 0 saturated heterocycles. The number of hydrogen-bond acceptors (Lipinski definition) is 2. The topological polar surface area (TPSA) is 52.9 Å². The summed E-state index contributed by atoms with van der Waals surface area (Å²) >= 11 is 0. The first-order valence-corrected chi connectivity index (χ1v) is 6.44. The Balaban J connectivity index is 2.05. The van der Waals surface area contributed by atoms with Crippen LogP contribution in [0, 0.1) is 25.2 Å². The first-order valence-electron chi connectivity index (χ1n) is 6.44. The second-order valence-electron chi connectivity index (χ2n) is 4.79. The highest BCUT2D eigenvalue weighted by molar-refractivity contribution is 5.94. The fraction of sp³-hybridized carbons (Fsp3) is 0.176. The van der Waals surface area contributed by atoms with Crippen molar-refractivity contribution in [2.45, 2.75) is 20.4 Å². The van der Waals surface area contributed by atoms with Crippen molar-refractivity contribution in [1.29, 1.82) is 5.26 Å². The van der Waals surface area contributed by atoms with Crippen LogP contribution in [0.2, 0.25) is 0 Å². The minimum atomic E-state index is -0.101. The highest BCUT2D eigenvalue weighted by Gasteiger charge is 2.06. The molecule has 2 aromatic carbocycles. The van der Waals surface area contributed by atoms with Gasteiger partial charge in [0.05, 0.1) is 11.6 Å². The zero-order chi connectivity index (χ0) is 14.5. The Bertz CT molecular complexity index is 684. The molecule has 2 rings (SSSR count). The standard InChI is InChI=1S/C17H16N2O/c1-12-6-7-16(8-13(12)2)17(20)19-11-15-5-3-4-14(9-15)10-18/h3-9H,11H2,1-2H3,(H,19,20). The maximum atomic E-state index is 12.1. The summed E-state index contributed by atoms with van der Waals surface area (Å²) in [5.41, 5.74) is 4.45. The van der Waals surface area contributed by atoms with Gasteiger partial charge in [-0.3, -0.25) is 4.79 Å². The van der Waals surface area contributed by atoms with E-state index >= 15 is 0 Å². The van der Waals surface area contributed by atoms with E-state index in [1.54, 1.807) is 12.1 Å². The van der Waals surface area contributed by atoms with Crippen LogP contribution in [-0.2, 0) is 6.54 Å². The SMILES string of the molecule is Cc1ccc(C(=O)NCc2cccc(C#N)c2)cc1C. The molecular weight excluding hydrogens is 248 g/mol. The average Bonchev–Trinajstić information content (AvgIpc) is 2.47. The molecule has 0 heterocycles. The summed E-state index contributed by atoms with van der Waals surface area (Å²) in [5.74, 6) is -0.101. The highest BCUT2D eigenvalue weighted by atomic mass is 16.1. The molecule has 1 amide bonds. The third kappa shape index (κ3) is 3.24. The third-order valence-corrected chi connectivity index (χ3v) is 3.28. The molecule has 0 spiro atoms. The van der Waals surface area contributed by atoms with E-state index in [1.165, 1.54) is 5.56 Å². The first-order chi connectivity index (χ1) is 9.60. The molecule has 2 aromatic rings. The number of carbonyl (C=O) groups excluding carboxylic acids is 1. The number of amides is 1. The van der Waals surface area contributed by atoms with Crippen molar-refractivity contribution in [3.8, 4) is 6.07 Å². The van der Waals surface area contributed by atoms with Crippen LogP contribution < -0.4 is 5.32 Å². The van der Waals surface area contributed by atoms with Gasteiger partial charge in [-0.15, -0.1) is 0 Å². The van der Waals surface area contributed by atoms with E-state index in [0.717, 1.165) is 11.1 Å². The van der Waals surface area contributed by atoms with Gasteiger partial charge < -0.3 is 5.32 Å². The molecule has 0 bridgehead atoms. The lowest BCUT2D eigenvalue weighted by molar-refractivity contribution is 0.0951. The van der Waals surface area contributed by atoms with E-state index in [9.17, 15) is 4.79 Å². The van der Waals surface area contributed by atoms with Gasteiger partial charge in [0.15, 0.2) is 0 Å². The molecule has 0 fully saturated rings. The molecule has 0 radical (unpaired) electrons. The number of hydrogen-bond donors (Lipinski definition) is 1. The molecule has 0 atom stereocenters. The highest BCUT2D eigenvalue weighted by Crippen LogP contribution is 2.10. The number of aryl methyl sites for hydroxylation is 2. The third-order valence-electron chi connectivity index (χ3n) is 3.28. The van der Waals surface area contributed by atoms with Crippen LogP contribution >= 0.6 is 0 Å². The molecule has 100 valence electrons. The van der Waals surface area contributed by atoms with Gasteiger partial charge in [0.25, 0.3) is 5.91 Å². The maximum absolute atomic E-state index is 12.1. The fourth-order valence-electron chi connectivity index (χ4n) is 1.92. The molecule has 3 heteroatoms. The van der Waals surface area contributed by atoms with Crippen molar-refractivity contribution >= 4 is 5.91 Å². The van der Waals surface area contributed by atoms with Crippen LogP contribution in [0.15, 0.2) is 42.5 Å². The summed E-state index contributed by atoms with van der Waals surface area (Å²) in [5, 5.41) is 11.7. The summed E-state index contributed by atoms with van der Waals surface area (Å²) in [4.78, 5) is 12.1. The van der Waals surface area contributed by atoms with Gasteiger partial charge in [-0.25, -0.2) is 0 Å². The van der Waals surface area contributed by atoms with E-state index in [4.69, 9.17) is 5.26 Å². The summed E-state index contributed by atoms with van der Waals surface area (Å²) in [6, 6.07) is 15.0. The molecule has 0 aliphatic carbocycles. The van der Waals surface area contributed by atoms with Crippen molar-refractivity contribution in [3.05, 3.63) is 70.3 Å². The molecule has 3 nitrogen and oxygen atoms in total. The van der Waals surface area contributed by atoms with Gasteiger partial charge in [-0.1, -0.05) is 18.2 Å². The van der Waals surface area contributed by atoms with Gasteiger partial charge >= 0.3 is 0 Å². The van der Waals surface area contributed by atoms with E-state index in [0.29, 0.717) is 17.7 Å². The van der Waals surface area contributed by atoms with Gasteiger partial charge in [0.2, 0.25) is 0 Å². The molecule has 1 N–H and O–H groups in total. The van der Waals surface area contributed by atoms with Crippen molar-refractivity contribution in [3.63, 3.8) is 0 Å². The minimum Gasteiger partial charge on any atom is -0.348 e. The smallest absolute Gasteiger partial charge is 0.251 e. The fourth-order valence-corrected chi connectivity index (χ4v) is 1.92. The predicted octanol–water partition coefficient (Wildman–Crippen LogP) is 3.11. The second-order valence-corrected chi connectivity index (χ2v) is 4.79. The Morgan fingerprint density at radius 3 is 2.65 bits per heavy atom. The Labute approximate surface area is 118 Å². The average molecular weight is 264 g/mol.